The van der Waals surface area contributed by atoms with Crippen LogP contribution in [0, 0.1) is 0 Å². The van der Waals surface area contributed by atoms with Crippen LogP contribution in [0.2, 0.25) is 5.02 Å². The number of benzene rings is 1. The molecule has 19 heavy (non-hydrogen) atoms. The fourth-order valence-electron chi connectivity index (χ4n) is 2.11. The summed E-state index contributed by atoms with van der Waals surface area (Å²) >= 11 is 5.92. The SMILES string of the molecule is CCCNC(Cc1ccc(Cl)cc1)Cc1ncc[nH]1. The van der Waals surface area contributed by atoms with Gasteiger partial charge >= 0.3 is 0 Å². The molecule has 0 radical (unpaired) electrons. The van der Waals surface area contributed by atoms with Gasteiger partial charge in [0.05, 0.1) is 0 Å². The second kappa shape index (κ2) is 7.31. The third kappa shape index (κ3) is 4.69. The van der Waals surface area contributed by atoms with Crippen molar-refractivity contribution in [3.63, 3.8) is 0 Å². The lowest BCUT2D eigenvalue weighted by Gasteiger charge is -2.17. The number of aromatic amines is 1. The number of halogens is 1. The van der Waals surface area contributed by atoms with Crippen LogP contribution in [0.3, 0.4) is 0 Å². The second-order valence-electron chi connectivity index (χ2n) is 4.72. The largest absolute Gasteiger partial charge is 0.349 e. The summed E-state index contributed by atoms with van der Waals surface area (Å²) in [6.07, 6.45) is 6.70. The molecular formula is C15H20ClN3. The Labute approximate surface area is 119 Å². The first kappa shape index (κ1) is 14.1. The van der Waals surface area contributed by atoms with Crippen molar-refractivity contribution in [1.82, 2.24) is 15.3 Å². The van der Waals surface area contributed by atoms with Crippen molar-refractivity contribution in [2.75, 3.05) is 6.54 Å². The topological polar surface area (TPSA) is 40.7 Å². The molecular weight excluding hydrogens is 258 g/mol. The third-order valence-electron chi connectivity index (χ3n) is 3.07. The zero-order chi connectivity index (χ0) is 13.5. The Hall–Kier alpha value is -1.32. The minimum Gasteiger partial charge on any atom is -0.349 e. The van der Waals surface area contributed by atoms with E-state index < -0.39 is 0 Å². The predicted molar refractivity (Wildman–Crippen MR) is 79.5 cm³/mol. The summed E-state index contributed by atoms with van der Waals surface area (Å²) in [5.41, 5.74) is 1.30. The van der Waals surface area contributed by atoms with E-state index >= 15 is 0 Å². The first-order valence-corrected chi connectivity index (χ1v) is 7.12. The molecule has 0 amide bonds. The van der Waals surface area contributed by atoms with Crippen LogP contribution in [0.1, 0.15) is 24.7 Å². The number of hydrogen-bond acceptors (Lipinski definition) is 2. The number of nitrogens with zero attached hydrogens (tertiary/aromatic N) is 1. The Morgan fingerprint density at radius 3 is 2.68 bits per heavy atom. The van der Waals surface area contributed by atoms with Gasteiger partial charge in [0.2, 0.25) is 0 Å². The summed E-state index contributed by atoms with van der Waals surface area (Å²) in [5.74, 6) is 1.03. The van der Waals surface area contributed by atoms with E-state index in [1.165, 1.54) is 5.56 Å². The summed E-state index contributed by atoms with van der Waals surface area (Å²) in [5, 5.41) is 4.36. The Bertz CT molecular complexity index is 465. The van der Waals surface area contributed by atoms with Crippen LogP contribution in [0.4, 0.5) is 0 Å². The predicted octanol–water partition coefficient (Wildman–Crippen LogP) is 3.22. The highest BCUT2D eigenvalue weighted by molar-refractivity contribution is 6.30. The summed E-state index contributed by atoms with van der Waals surface area (Å²) < 4.78 is 0. The maximum atomic E-state index is 5.92. The number of hydrogen-bond donors (Lipinski definition) is 2. The number of imidazole rings is 1. The molecule has 1 atom stereocenters. The summed E-state index contributed by atoms with van der Waals surface area (Å²) in [6, 6.07) is 8.46. The molecule has 0 aliphatic carbocycles. The molecule has 0 saturated heterocycles. The van der Waals surface area contributed by atoms with Gasteiger partial charge in [-0.1, -0.05) is 30.7 Å². The van der Waals surface area contributed by atoms with E-state index in [0.29, 0.717) is 6.04 Å². The fourth-order valence-corrected chi connectivity index (χ4v) is 2.24. The van der Waals surface area contributed by atoms with Crippen molar-refractivity contribution in [1.29, 1.82) is 0 Å². The van der Waals surface area contributed by atoms with Crippen molar-refractivity contribution >= 4 is 11.6 Å². The monoisotopic (exact) mass is 277 g/mol. The van der Waals surface area contributed by atoms with Crippen LogP contribution in [0.15, 0.2) is 36.7 Å². The molecule has 2 aromatic rings. The maximum absolute atomic E-state index is 5.92. The third-order valence-corrected chi connectivity index (χ3v) is 3.32. The lowest BCUT2D eigenvalue weighted by atomic mass is 10.0. The van der Waals surface area contributed by atoms with E-state index in [9.17, 15) is 0 Å². The van der Waals surface area contributed by atoms with Gasteiger partial charge in [-0.05, 0) is 37.1 Å². The van der Waals surface area contributed by atoms with Crippen LogP contribution in [0.5, 0.6) is 0 Å². The van der Waals surface area contributed by atoms with E-state index in [0.717, 1.165) is 36.7 Å². The van der Waals surface area contributed by atoms with Gasteiger partial charge < -0.3 is 10.3 Å². The van der Waals surface area contributed by atoms with Crippen molar-refractivity contribution < 1.29 is 0 Å². The normalized spacial score (nSPS) is 12.5. The molecule has 0 aliphatic rings. The van der Waals surface area contributed by atoms with Gasteiger partial charge in [0.1, 0.15) is 5.82 Å². The first-order chi connectivity index (χ1) is 9.28. The van der Waals surface area contributed by atoms with Gasteiger partial charge in [-0.2, -0.15) is 0 Å². The minimum absolute atomic E-state index is 0.396. The first-order valence-electron chi connectivity index (χ1n) is 6.74. The molecule has 0 saturated carbocycles. The number of aromatic nitrogens is 2. The molecule has 102 valence electrons. The Kier molecular flexibility index (Phi) is 5.43. The second-order valence-corrected chi connectivity index (χ2v) is 5.16. The standard InChI is InChI=1S/C15H20ClN3/c1-2-7-17-14(11-15-18-8-9-19-15)10-12-3-5-13(16)6-4-12/h3-6,8-9,14,17H,2,7,10-11H2,1H3,(H,18,19). The lowest BCUT2D eigenvalue weighted by molar-refractivity contribution is 0.497. The van der Waals surface area contributed by atoms with E-state index in [-0.39, 0.29) is 0 Å². The van der Waals surface area contributed by atoms with Gasteiger partial charge in [-0.15, -0.1) is 0 Å². The highest BCUT2D eigenvalue weighted by Gasteiger charge is 2.11. The van der Waals surface area contributed by atoms with Crippen LogP contribution >= 0.6 is 11.6 Å². The molecule has 1 aromatic heterocycles. The number of rotatable bonds is 7. The zero-order valence-electron chi connectivity index (χ0n) is 11.2. The zero-order valence-corrected chi connectivity index (χ0v) is 12.0. The summed E-state index contributed by atoms with van der Waals surface area (Å²) in [6.45, 7) is 3.21. The van der Waals surface area contributed by atoms with E-state index in [2.05, 4.69) is 34.3 Å². The fraction of sp³-hybridized carbons (Fsp3) is 0.400. The summed E-state index contributed by atoms with van der Waals surface area (Å²) in [4.78, 5) is 7.47. The highest BCUT2D eigenvalue weighted by Crippen LogP contribution is 2.12. The molecule has 3 nitrogen and oxygen atoms in total. The Morgan fingerprint density at radius 1 is 1.26 bits per heavy atom. The quantitative estimate of drug-likeness (QED) is 0.816. The molecule has 4 heteroatoms. The van der Waals surface area contributed by atoms with Crippen molar-refractivity contribution in [3.05, 3.63) is 53.1 Å². The molecule has 0 bridgehead atoms. The highest BCUT2D eigenvalue weighted by atomic mass is 35.5. The number of H-pyrrole nitrogens is 1. The van der Waals surface area contributed by atoms with Crippen LogP contribution in [-0.4, -0.2) is 22.6 Å². The maximum Gasteiger partial charge on any atom is 0.107 e. The van der Waals surface area contributed by atoms with Crippen LogP contribution < -0.4 is 5.32 Å². The molecule has 1 heterocycles. The van der Waals surface area contributed by atoms with Gasteiger partial charge in [0.15, 0.2) is 0 Å². The average Bonchev–Trinajstić information content (AvgIpc) is 2.91. The Morgan fingerprint density at radius 2 is 2.05 bits per heavy atom. The van der Waals surface area contributed by atoms with Crippen LogP contribution in [0.25, 0.3) is 0 Å². The van der Waals surface area contributed by atoms with Crippen molar-refractivity contribution in [3.8, 4) is 0 Å². The van der Waals surface area contributed by atoms with Crippen molar-refractivity contribution in [2.45, 2.75) is 32.2 Å². The summed E-state index contributed by atoms with van der Waals surface area (Å²) in [7, 11) is 0. The van der Waals surface area contributed by atoms with E-state index in [4.69, 9.17) is 11.6 Å². The van der Waals surface area contributed by atoms with Gasteiger partial charge in [0.25, 0.3) is 0 Å². The molecule has 0 aliphatic heterocycles. The molecule has 1 aromatic carbocycles. The minimum atomic E-state index is 0.396. The molecule has 0 fully saturated rings. The van der Waals surface area contributed by atoms with Gasteiger partial charge in [-0.3, -0.25) is 0 Å². The lowest BCUT2D eigenvalue weighted by Crippen LogP contribution is -2.34. The molecule has 0 spiro atoms. The van der Waals surface area contributed by atoms with Crippen molar-refractivity contribution in [2.24, 2.45) is 0 Å². The van der Waals surface area contributed by atoms with Crippen LogP contribution in [-0.2, 0) is 12.8 Å². The van der Waals surface area contributed by atoms with E-state index in [1.54, 1.807) is 6.20 Å². The average molecular weight is 278 g/mol. The molecule has 2 rings (SSSR count). The van der Waals surface area contributed by atoms with Gasteiger partial charge in [-0.25, -0.2) is 4.98 Å². The molecule has 2 N–H and O–H groups in total. The number of nitrogens with one attached hydrogen (secondary N) is 2. The smallest absolute Gasteiger partial charge is 0.107 e. The Balaban J connectivity index is 1.98. The van der Waals surface area contributed by atoms with E-state index in [1.807, 2.05) is 18.3 Å². The molecule has 1 unspecified atom stereocenters. The van der Waals surface area contributed by atoms with Gasteiger partial charge in [0, 0.05) is 29.9 Å².